The summed E-state index contributed by atoms with van der Waals surface area (Å²) >= 11 is 2.76. The Kier molecular flexibility index (Phi) is 4.89. The van der Waals surface area contributed by atoms with Gasteiger partial charge in [0.2, 0.25) is 5.91 Å². The van der Waals surface area contributed by atoms with Crippen molar-refractivity contribution < 1.29 is 9.59 Å². The smallest absolute Gasteiger partial charge is 0.225 e. The van der Waals surface area contributed by atoms with E-state index in [1.807, 2.05) is 25.3 Å². The van der Waals surface area contributed by atoms with E-state index in [0.717, 1.165) is 10.4 Å². The first-order valence-corrected chi connectivity index (χ1v) is 8.09. The fourth-order valence-electron chi connectivity index (χ4n) is 1.83. The van der Waals surface area contributed by atoms with E-state index in [1.54, 1.807) is 6.07 Å². The third-order valence-electron chi connectivity index (χ3n) is 3.13. The third kappa shape index (κ3) is 3.57. The van der Waals surface area contributed by atoms with Crippen LogP contribution < -0.4 is 5.32 Å². The number of nitriles is 1. The molecule has 1 amide bonds. The first-order chi connectivity index (χ1) is 10.0. The lowest BCUT2D eigenvalue weighted by atomic mass is 10.1. The monoisotopic (exact) mass is 318 g/mol. The maximum atomic E-state index is 11.9. The molecule has 0 atom stereocenters. The Bertz CT molecular complexity index is 709. The molecule has 0 saturated carbocycles. The van der Waals surface area contributed by atoms with Gasteiger partial charge in [0.15, 0.2) is 5.78 Å². The highest BCUT2D eigenvalue weighted by Crippen LogP contribution is 2.31. The number of hydrogen-bond acceptors (Lipinski definition) is 5. The molecule has 0 unspecified atom stereocenters. The average molecular weight is 318 g/mol. The summed E-state index contributed by atoms with van der Waals surface area (Å²) in [5, 5.41) is 14.3. The van der Waals surface area contributed by atoms with E-state index in [9.17, 15) is 9.59 Å². The van der Waals surface area contributed by atoms with Gasteiger partial charge in [0.1, 0.15) is 11.1 Å². The first kappa shape index (κ1) is 15.4. The molecule has 0 spiro atoms. The molecule has 1 N–H and O–H groups in total. The van der Waals surface area contributed by atoms with Crippen LogP contribution in [0.1, 0.15) is 38.5 Å². The molecule has 0 aliphatic rings. The van der Waals surface area contributed by atoms with Gasteiger partial charge in [-0.3, -0.25) is 9.59 Å². The average Bonchev–Trinajstić information content (AvgIpc) is 3.06. The maximum absolute atomic E-state index is 11.9. The van der Waals surface area contributed by atoms with Gasteiger partial charge >= 0.3 is 0 Å². The highest BCUT2D eigenvalue weighted by molar-refractivity contribution is 7.16. The van der Waals surface area contributed by atoms with E-state index in [2.05, 4.69) is 11.4 Å². The van der Waals surface area contributed by atoms with Crippen LogP contribution in [0.25, 0.3) is 0 Å². The Labute approximate surface area is 131 Å². The van der Waals surface area contributed by atoms with Crippen LogP contribution in [0, 0.1) is 25.2 Å². The molecule has 2 aromatic rings. The number of hydrogen-bond donors (Lipinski definition) is 1. The van der Waals surface area contributed by atoms with Crippen LogP contribution in [0.2, 0.25) is 0 Å². The van der Waals surface area contributed by atoms with Gasteiger partial charge in [0.25, 0.3) is 0 Å². The number of ketones is 1. The number of Topliss-reactive ketones (excluding diaryl/α,β-unsaturated/α-hetero) is 1. The Balaban J connectivity index is 1.95. The van der Waals surface area contributed by atoms with Crippen molar-refractivity contribution in [1.82, 2.24) is 0 Å². The molecule has 2 rings (SSSR count). The molecule has 4 nitrogen and oxygen atoms in total. The largest absolute Gasteiger partial charge is 0.317 e. The van der Waals surface area contributed by atoms with Crippen LogP contribution in [0.4, 0.5) is 5.00 Å². The zero-order valence-corrected chi connectivity index (χ0v) is 13.4. The van der Waals surface area contributed by atoms with Crippen molar-refractivity contribution in [2.45, 2.75) is 26.7 Å². The van der Waals surface area contributed by atoms with Gasteiger partial charge in [-0.25, -0.2) is 0 Å². The van der Waals surface area contributed by atoms with Crippen molar-refractivity contribution in [3.63, 3.8) is 0 Å². The van der Waals surface area contributed by atoms with Crippen molar-refractivity contribution >= 4 is 39.4 Å². The van der Waals surface area contributed by atoms with Crippen LogP contribution in [-0.2, 0) is 4.79 Å². The van der Waals surface area contributed by atoms with E-state index < -0.39 is 0 Å². The summed E-state index contributed by atoms with van der Waals surface area (Å²) in [7, 11) is 0. The second-order valence-electron chi connectivity index (χ2n) is 4.55. The fourth-order valence-corrected chi connectivity index (χ4v) is 3.55. The number of thiophene rings is 2. The standard InChI is InChI=1S/C15H14N2O2S2/c1-9-10(2)21-15(11(9)8-16)17-14(19)6-5-12(18)13-4-3-7-20-13/h3-4,7H,5-6H2,1-2H3,(H,17,19). The molecule has 0 aliphatic carbocycles. The van der Waals surface area contributed by atoms with E-state index in [4.69, 9.17) is 5.26 Å². The summed E-state index contributed by atoms with van der Waals surface area (Å²) in [6, 6.07) is 5.68. The van der Waals surface area contributed by atoms with Gasteiger partial charge in [0, 0.05) is 17.7 Å². The van der Waals surface area contributed by atoms with Crippen molar-refractivity contribution in [3.05, 3.63) is 38.4 Å². The van der Waals surface area contributed by atoms with E-state index >= 15 is 0 Å². The minimum Gasteiger partial charge on any atom is -0.317 e. The minimum atomic E-state index is -0.238. The third-order valence-corrected chi connectivity index (χ3v) is 5.16. The highest BCUT2D eigenvalue weighted by Gasteiger charge is 2.15. The summed E-state index contributed by atoms with van der Waals surface area (Å²) in [5.41, 5.74) is 1.41. The van der Waals surface area contributed by atoms with Gasteiger partial charge in [-0.2, -0.15) is 5.26 Å². The van der Waals surface area contributed by atoms with Gasteiger partial charge in [-0.1, -0.05) is 6.07 Å². The number of carbonyl (C=O) groups excluding carboxylic acids is 2. The summed E-state index contributed by atoms with van der Waals surface area (Å²) in [5.74, 6) is -0.267. The summed E-state index contributed by atoms with van der Waals surface area (Å²) in [6.45, 7) is 3.77. The van der Waals surface area contributed by atoms with Crippen LogP contribution in [0.5, 0.6) is 0 Å². The predicted octanol–water partition coefficient (Wildman–Crippen LogP) is 3.90. The second kappa shape index (κ2) is 6.66. The molecule has 2 aromatic heterocycles. The Morgan fingerprint density at radius 3 is 2.71 bits per heavy atom. The predicted molar refractivity (Wildman–Crippen MR) is 85.0 cm³/mol. The molecule has 108 valence electrons. The van der Waals surface area contributed by atoms with Crippen molar-refractivity contribution in [2.24, 2.45) is 0 Å². The van der Waals surface area contributed by atoms with Crippen molar-refractivity contribution in [2.75, 3.05) is 5.32 Å². The molecule has 0 radical (unpaired) electrons. The van der Waals surface area contributed by atoms with Gasteiger partial charge in [-0.15, -0.1) is 22.7 Å². The number of amides is 1. The van der Waals surface area contributed by atoms with Crippen LogP contribution in [-0.4, -0.2) is 11.7 Å². The van der Waals surface area contributed by atoms with Crippen molar-refractivity contribution in [3.8, 4) is 6.07 Å². The molecular weight excluding hydrogens is 304 g/mol. The molecule has 0 aliphatic heterocycles. The SMILES string of the molecule is Cc1sc(NC(=O)CCC(=O)c2cccs2)c(C#N)c1C. The Morgan fingerprint density at radius 2 is 2.10 bits per heavy atom. The van der Waals surface area contributed by atoms with E-state index in [1.165, 1.54) is 22.7 Å². The number of rotatable bonds is 5. The minimum absolute atomic E-state index is 0.0285. The van der Waals surface area contributed by atoms with Crippen LogP contribution in [0.3, 0.4) is 0 Å². The lowest BCUT2D eigenvalue weighted by Crippen LogP contribution is -2.13. The van der Waals surface area contributed by atoms with Gasteiger partial charge in [-0.05, 0) is 30.9 Å². The van der Waals surface area contributed by atoms with E-state index in [-0.39, 0.29) is 24.5 Å². The summed E-state index contributed by atoms with van der Waals surface area (Å²) in [4.78, 5) is 25.4. The van der Waals surface area contributed by atoms with Gasteiger partial charge < -0.3 is 5.32 Å². The molecule has 0 bridgehead atoms. The zero-order valence-electron chi connectivity index (χ0n) is 11.7. The fraction of sp³-hybridized carbons (Fsp3) is 0.267. The lowest BCUT2D eigenvalue weighted by molar-refractivity contribution is -0.116. The quantitative estimate of drug-likeness (QED) is 0.850. The number of carbonyl (C=O) groups is 2. The maximum Gasteiger partial charge on any atom is 0.225 e. The number of nitrogens with one attached hydrogen (secondary N) is 1. The first-order valence-electron chi connectivity index (χ1n) is 6.39. The lowest BCUT2D eigenvalue weighted by Gasteiger charge is -2.02. The van der Waals surface area contributed by atoms with Crippen molar-refractivity contribution in [1.29, 1.82) is 5.26 Å². The second-order valence-corrected chi connectivity index (χ2v) is 6.72. The molecule has 21 heavy (non-hydrogen) atoms. The zero-order chi connectivity index (χ0) is 15.4. The number of nitrogens with zero attached hydrogens (tertiary/aromatic N) is 1. The Morgan fingerprint density at radius 1 is 1.33 bits per heavy atom. The number of anilines is 1. The molecule has 0 aromatic carbocycles. The van der Waals surface area contributed by atoms with Crippen LogP contribution >= 0.6 is 22.7 Å². The molecule has 0 saturated heterocycles. The summed E-state index contributed by atoms with van der Waals surface area (Å²) < 4.78 is 0. The number of aryl methyl sites for hydroxylation is 1. The molecular formula is C15H14N2O2S2. The Hall–Kier alpha value is -1.97. The highest BCUT2D eigenvalue weighted by atomic mass is 32.1. The normalized spacial score (nSPS) is 10.1. The van der Waals surface area contributed by atoms with Gasteiger partial charge in [0.05, 0.1) is 10.4 Å². The molecule has 6 heteroatoms. The summed E-state index contributed by atoms with van der Waals surface area (Å²) in [6.07, 6.45) is 0.301. The molecule has 0 fully saturated rings. The topological polar surface area (TPSA) is 70.0 Å². The van der Waals surface area contributed by atoms with Crippen LogP contribution in [0.15, 0.2) is 17.5 Å². The van der Waals surface area contributed by atoms with E-state index in [0.29, 0.717) is 15.4 Å². The molecule has 2 heterocycles.